The molecular weight excluding hydrogens is 476 g/mol. The Hall–Kier alpha value is -3.72. The number of benzene rings is 1. The van der Waals surface area contributed by atoms with Crippen LogP contribution in [0.4, 0.5) is 5.00 Å². The summed E-state index contributed by atoms with van der Waals surface area (Å²) in [6.07, 6.45) is 3.87. The van der Waals surface area contributed by atoms with Crippen LogP contribution in [-0.4, -0.2) is 33.3 Å². The Morgan fingerprint density at radius 3 is 2.64 bits per heavy atom. The van der Waals surface area contributed by atoms with E-state index >= 15 is 0 Å². The van der Waals surface area contributed by atoms with E-state index in [0.29, 0.717) is 16.2 Å². The lowest BCUT2D eigenvalue weighted by Crippen LogP contribution is -2.25. The van der Waals surface area contributed by atoms with Gasteiger partial charge < -0.3 is 10.1 Å². The fraction of sp³-hybridized carbons (Fsp3) is 0.333. The van der Waals surface area contributed by atoms with E-state index < -0.39 is 5.97 Å². The van der Waals surface area contributed by atoms with Crippen LogP contribution in [0.15, 0.2) is 41.2 Å². The first kappa shape index (κ1) is 24.0. The maximum atomic E-state index is 13.1. The van der Waals surface area contributed by atoms with Crippen LogP contribution in [0.3, 0.4) is 0 Å². The molecule has 1 aliphatic carbocycles. The van der Waals surface area contributed by atoms with E-state index in [1.165, 1.54) is 18.4 Å². The lowest BCUT2D eigenvalue weighted by molar-refractivity contribution is -0.116. The lowest BCUT2D eigenvalue weighted by atomic mass is 9.95. The summed E-state index contributed by atoms with van der Waals surface area (Å²) in [6.45, 7) is 4.00. The molecule has 0 radical (unpaired) electrons. The number of carbonyl (C=O) groups excluding carboxylic acids is 2. The number of anilines is 1. The van der Waals surface area contributed by atoms with Gasteiger partial charge in [-0.3, -0.25) is 14.2 Å². The van der Waals surface area contributed by atoms with E-state index in [1.807, 2.05) is 44.2 Å². The summed E-state index contributed by atoms with van der Waals surface area (Å²) < 4.78 is 8.38. The summed E-state index contributed by atoms with van der Waals surface area (Å²) in [5.41, 5.74) is 4.44. The van der Waals surface area contributed by atoms with Crippen molar-refractivity contribution in [2.45, 2.75) is 52.5 Å². The Kier molecular flexibility index (Phi) is 6.49. The van der Waals surface area contributed by atoms with Crippen LogP contribution in [-0.2, 0) is 28.9 Å². The number of aromatic nitrogens is 3. The number of carbonyl (C=O) groups is 2. The highest BCUT2D eigenvalue weighted by molar-refractivity contribution is 7.17. The molecule has 3 aromatic heterocycles. The second-order valence-electron chi connectivity index (χ2n) is 9.05. The van der Waals surface area contributed by atoms with Crippen molar-refractivity contribution in [3.8, 4) is 5.69 Å². The van der Waals surface area contributed by atoms with Gasteiger partial charge in [0.1, 0.15) is 10.6 Å². The molecule has 8 nitrogen and oxygen atoms in total. The van der Waals surface area contributed by atoms with E-state index in [0.717, 1.165) is 58.5 Å². The van der Waals surface area contributed by atoms with Gasteiger partial charge in [0.2, 0.25) is 5.91 Å². The smallest absolute Gasteiger partial charge is 0.341 e. The van der Waals surface area contributed by atoms with Crippen LogP contribution in [0.25, 0.3) is 16.7 Å². The molecule has 1 N–H and O–H groups in total. The number of methoxy groups -OCH3 is 1. The number of esters is 1. The molecule has 3 heterocycles. The van der Waals surface area contributed by atoms with Crippen molar-refractivity contribution in [2.75, 3.05) is 12.4 Å². The van der Waals surface area contributed by atoms with Gasteiger partial charge >= 0.3 is 5.97 Å². The molecule has 9 heteroatoms. The van der Waals surface area contributed by atoms with Gasteiger partial charge in [0.25, 0.3) is 5.56 Å². The van der Waals surface area contributed by atoms with Crippen molar-refractivity contribution in [3.63, 3.8) is 0 Å². The SMILES string of the molecule is COC(=O)c1c(NC(=O)CCn2c(=O)cc(C)c3c(C)nn(-c4ccccc4)c32)sc2c1CCCC2. The average Bonchev–Trinajstić information content (AvgIpc) is 3.41. The highest BCUT2D eigenvalue weighted by Gasteiger charge is 2.27. The summed E-state index contributed by atoms with van der Waals surface area (Å²) in [5.74, 6) is -0.690. The highest BCUT2D eigenvalue weighted by Crippen LogP contribution is 2.38. The predicted molar refractivity (Wildman–Crippen MR) is 140 cm³/mol. The predicted octanol–water partition coefficient (Wildman–Crippen LogP) is 4.56. The third kappa shape index (κ3) is 4.24. The first-order valence-corrected chi connectivity index (χ1v) is 12.9. The van der Waals surface area contributed by atoms with Crippen LogP contribution in [0.5, 0.6) is 0 Å². The molecule has 5 rings (SSSR count). The molecule has 0 spiro atoms. The zero-order chi connectivity index (χ0) is 25.4. The van der Waals surface area contributed by atoms with Crippen molar-refractivity contribution in [1.82, 2.24) is 14.3 Å². The number of fused-ring (bicyclic) bond motifs is 2. The minimum absolute atomic E-state index is 0.0697. The van der Waals surface area contributed by atoms with Gasteiger partial charge in [0.15, 0.2) is 0 Å². The second-order valence-corrected chi connectivity index (χ2v) is 10.2. The third-order valence-corrected chi connectivity index (χ3v) is 7.88. The van der Waals surface area contributed by atoms with E-state index in [1.54, 1.807) is 15.3 Å². The topological polar surface area (TPSA) is 95.2 Å². The molecule has 0 unspecified atom stereocenters. The van der Waals surface area contributed by atoms with Crippen LogP contribution in [0.1, 0.15) is 51.3 Å². The number of amides is 1. The van der Waals surface area contributed by atoms with Gasteiger partial charge in [0.05, 0.1) is 24.1 Å². The number of hydrogen-bond acceptors (Lipinski definition) is 6. The van der Waals surface area contributed by atoms with Crippen molar-refractivity contribution < 1.29 is 14.3 Å². The summed E-state index contributed by atoms with van der Waals surface area (Å²) in [7, 11) is 1.35. The molecule has 36 heavy (non-hydrogen) atoms. The molecule has 0 saturated carbocycles. The minimum Gasteiger partial charge on any atom is -0.465 e. The molecule has 1 aromatic carbocycles. The van der Waals surface area contributed by atoms with Gasteiger partial charge in [-0.25, -0.2) is 9.48 Å². The van der Waals surface area contributed by atoms with E-state index in [2.05, 4.69) is 5.32 Å². The number of para-hydroxylation sites is 1. The fourth-order valence-electron chi connectivity index (χ4n) is 5.01. The van der Waals surface area contributed by atoms with Gasteiger partial charge in [0, 0.05) is 29.3 Å². The number of nitrogens with zero attached hydrogens (tertiary/aromatic N) is 3. The normalized spacial score (nSPS) is 13.0. The highest BCUT2D eigenvalue weighted by atomic mass is 32.1. The largest absolute Gasteiger partial charge is 0.465 e. The quantitative estimate of drug-likeness (QED) is 0.389. The monoisotopic (exact) mass is 504 g/mol. The Morgan fingerprint density at radius 2 is 1.89 bits per heavy atom. The first-order valence-electron chi connectivity index (χ1n) is 12.1. The molecule has 1 amide bonds. The summed E-state index contributed by atoms with van der Waals surface area (Å²) in [4.78, 5) is 39.7. The summed E-state index contributed by atoms with van der Waals surface area (Å²) in [6, 6.07) is 11.2. The van der Waals surface area contributed by atoms with Crippen molar-refractivity contribution in [1.29, 1.82) is 0 Å². The number of pyridine rings is 1. The second kappa shape index (κ2) is 9.73. The maximum absolute atomic E-state index is 13.1. The lowest BCUT2D eigenvalue weighted by Gasteiger charge is -2.13. The maximum Gasteiger partial charge on any atom is 0.341 e. The van der Waals surface area contributed by atoms with Crippen molar-refractivity contribution in [3.05, 3.63) is 74.0 Å². The molecule has 0 atom stereocenters. The Bertz CT molecular complexity index is 1530. The number of ether oxygens (including phenoxy) is 1. The first-order chi connectivity index (χ1) is 17.4. The van der Waals surface area contributed by atoms with E-state index in [-0.39, 0.29) is 24.4 Å². The number of thiophene rings is 1. The van der Waals surface area contributed by atoms with E-state index in [9.17, 15) is 14.4 Å². The van der Waals surface area contributed by atoms with Crippen molar-refractivity contribution >= 4 is 39.2 Å². The molecule has 0 fully saturated rings. The Balaban J connectivity index is 1.46. The standard InChI is InChI=1S/C27H28N4O4S/c1-16-15-22(33)30(26-23(16)17(2)29-31(26)18-9-5-4-6-10-18)14-13-21(32)28-25-24(27(34)35-3)19-11-7-8-12-20(19)36-25/h4-6,9-10,15H,7-8,11-14H2,1-3H3,(H,28,32). The Morgan fingerprint density at radius 1 is 1.14 bits per heavy atom. The number of nitrogens with one attached hydrogen (secondary N) is 1. The summed E-state index contributed by atoms with van der Waals surface area (Å²) in [5, 5.41) is 9.06. The molecule has 0 bridgehead atoms. The number of aryl methyl sites for hydroxylation is 4. The third-order valence-electron chi connectivity index (χ3n) is 6.67. The van der Waals surface area contributed by atoms with Gasteiger partial charge in [-0.15, -0.1) is 11.3 Å². The van der Waals surface area contributed by atoms with Gasteiger partial charge in [-0.2, -0.15) is 5.10 Å². The molecular formula is C27H28N4O4S. The molecule has 186 valence electrons. The van der Waals surface area contributed by atoms with Crippen LogP contribution >= 0.6 is 11.3 Å². The molecule has 0 aliphatic heterocycles. The molecule has 1 aliphatic rings. The van der Waals surface area contributed by atoms with Crippen LogP contribution < -0.4 is 10.9 Å². The molecule has 0 saturated heterocycles. The zero-order valence-electron chi connectivity index (χ0n) is 20.6. The Labute approximate surface area is 212 Å². The number of rotatable bonds is 6. The fourth-order valence-corrected chi connectivity index (χ4v) is 6.30. The van der Waals surface area contributed by atoms with Gasteiger partial charge in [-0.1, -0.05) is 18.2 Å². The van der Waals surface area contributed by atoms with Crippen LogP contribution in [0.2, 0.25) is 0 Å². The van der Waals surface area contributed by atoms with Crippen molar-refractivity contribution in [2.24, 2.45) is 0 Å². The van der Waals surface area contributed by atoms with E-state index in [4.69, 9.17) is 9.84 Å². The summed E-state index contributed by atoms with van der Waals surface area (Å²) >= 11 is 1.45. The number of hydrogen-bond donors (Lipinski definition) is 1. The minimum atomic E-state index is -0.427. The zero-order valence-corrected chi connectivity index (χ0v) is 21.4. The van der Waals surface area contributed by atoms with Crippen LogP contribution in [0, 0.1) is 13.8 Å². The average molecular weight is 505 g/mol. The van der Waals surface area contributed by atoms with Gasteiger partial charge in [-0.05, 0) is 62.8 Å². The molecule has 4 aromatic rings.